The monoisotopic (exact) mass is 270 g/mol. The maximum atomic E-state index is 12.3. The van der Waals surface area contributed by atoms with Gasteiger partial charge >= 0.3 is 0 Å². The van der Waals surface area contributed by atoms with Crippen molar-refractivity contribution in [2.45, 2.75) is 19.4 Å². The summed E-state index contributed by atoms with van der Waals surface area (Å²) in [4.78, 5) is 17.9. The van der Waals surface area contributed by atoms with Crippen LogP contribution in [-0.2, 0) is 11.2 Å². The van der Waals surface area contributed by atoms with Crippen LogP contribution in [0, 0.1) is 0 Å². The van der Waals surface area contributed by atoms with Crippen molar-refractivity contribution < 1.29 is 9.90 Å². The van der Waals surface area contributed by atoms with E-state index >= 15 is 0 Å². The second kappa shape index (κ2) is 6.19. The Balaban J connectivity index is 2.09. The molecule has 0 radical (unpaired) electrons. The Labute approximate surface area is 118 Å². The van der Waals surface area contributed by atoms with Gasteiger partial charge in [-0.15, -0.1) is 0 Å². The molecule has 4 nitrogen and oxygen atoms in total. The number of hydrogen-bond acceptors (Lipinski definition) is 3. The second-order valence-electron chi connectivity index (χ2n) is 4.78. The maximum Gasteiger partial charge on any atom is 0.227 e. The van der Waals surface area contributed by atoms with Crippen LogP contribution in [0.4, 0.5) is 0 Å². The van der Waals surface area contributed by atoms with Gasteiger partial charge in [-0.2, -0.15) is 0 Å². The average Bonchev–Trinajstić information content (AvgIpc) is 2.47. The van der Waals surface area contributed by atoms with E-state index in [1.807, 2.05) is 31.2 Å². The molecule has 1 aromatic carbocycles. The summed E-state index contributed by atoms with van der Waals surface area (Å²) in [5.41, 5.74) is 1.63. The van der Waals surface area contributed by atoms with E-state index in [-0.39, 0.29) is 17.7 Å². The van der Waals surface area contributed by atoms with Crippen LogP contribution in [0.15, 0.2) is 48.8 Å². The summed E-state index contributed by atoms with van der Waals surface area (Å²) < 4.78 is 0. The van der Waals surface area contributed by atoms with Gasteiger partial charge in [0.05, 0.1) is 12.5 Å². The van der Waals surface area contributed by atoms with Gasteiger partial charge in [0.1, 0.15) is 5.75 Å². The number of phenols is 1. The highest BCUT2D eigenvalue weighted by molar-refractivity contribution is 5.79. The SMILES string of the molecule is CC(c1ccccc1O)N(C)C(=O)Cc1cccnc1. The Hall–Kier alpha value is -2.36. The number of aromatic hydroxyl groups is 1. The molecule has 2 aromatic rings. The van der Waals surface area contributed by atoms with E-state index in [1.165, 1.54) is 0 Å². The summed E-state index contributed by atoms with van der Waals surface area (Å²) in [6.45, 7) is 1.90. The van der Waals surface area contributed by atoms with Crippen molar-refractivity contribution in [1.82, 2.24) is 9.88 Å². The molecule has 104 valence electrons. The number of likely N-dealkylation sites (N-methyl/N-ethyl adjacent to an activating group) is 1. The summed E-state index contributed by atoms with van der Waals surface area (Å²) in [6.07, 6.45) is 3.68. The van der Waals surface area contributed by atoms with E-state index < -0.39 is 0 Å². The highest BCUT2D eigenvalue weighted by Gasteiger charge is 2.19. The first-order valence-corrected chi connectivity index (χ1v) is 6.52. The van der Waals surface area contributed by atoms with E-state index in [1.54, 1.807) is 36.5 Å². The van der Waals surface area contributed by atoms with Crippen molar-refractivity contribution in [3.63, 3.8) is 0 Å². The van der Waals surface area contributed by atoms with Crippen molar-refractivity contribution in [3.8, 4) is 5.75 Å². The molecule has 1 heterocycles. The van der Waals surface area contributed by atoms with Crippen LogP contribution in [-0.4, -0.2) is 27.9 Å². The van der Waals surface area contributed by atoms with E-state index in [9.17, 15) is 9.90 Å². The molecule has 0 fully saturated rings. The lowest BCUT2D eigenvalue weighted by atomic mass is 10.1. The van der Waals surface area contributed by atoms with Crippen LogP contribution in [0.1, 0.15) is 24.1 Å². The first-order valence-electron chi connectivity index (χ1n) is 6.52. The van der Waals surface area contributed by atoms with E-state index in [0.29, 0.717) is 6.42 Å². The molecule has 2 rings (SSSR count). The molecule has 0 spiro atoms. The van der Waals surface area contributed by atoms with Gasteiger partial charge in [-0.05, 0) is 24.6 Å². The molecule has 1 unspecified atom stereocenters. The van der Waals surface area contributed by atoms with Crippen LogP contribution < -0.4 is 0 Å². The highest BCUT2D eigenvalue weighted by atomic mass is 16.3. The number of rotatable bonds is 4. The zero-order valence-electron chi connectivity index (χ0n) is 11.7. The summed E-state index contributed by atoms with van der Waals surface area (Å²) in [7, 11) is 1.75. The smallest absolute Gasteiger partial charge is 0.227 e. The average molecular weight is 270 g/mol. The molecule has 0 saturated heterocycles. The lowest BCUT2D eigenvalue weighted by Gasteiger charge is -2.26. The molecule has 0 bridgehead atoms. The zero-order valence-corrected chi connectivity index (χ0v) is 11.7. The molecule has 0 saturated carbocycles. The van der Waals surface area contributed by atoms with Gasteiger partial charge in [-0.25, -0.2) is 0 Å². The number of para-hydroxylation sites is 1. The third-order valence-electron chi connectivity index (χ3n) is 3.44. The third-order valence-corrected chi connectivity index (χ3v) is 3.44. The van der Waals surface area contributed by atoms with Crippen LogP contribution in [0.5, 0.6) is 5.75 Å². The van der Waals surface area contributed by atoms with E-state index in [4.69, 9.17) is 0 Å². The number of pyridine rings is 1. The zero-order chi connectivity index (χ0) is 14.5. The third kappa shape index (κ3) is 3.15. The normalized spacial score (nSPS) is 11.9. The lowest BCUT2D eigenvalue weighted by Crippen LogP contribution is -2.31. The minimum absolute atomic E-state index is 0.00578. The van der Waals surface area contributed by atoms with Gasteiger partial charge in [0.2, 0.25) is 5.91 Å². The Kier molecular flexibility index (Phi) is 4.35. The minimum atomic E-state index is -0.180. The predicted molar refractivity (Wildman–Crippen MR) is 77.2 cm³/mol. The molecule has 1 atom stereocenters. The molecule has 0 aliphatic heterocycles. The number of amides is 1. The number of aromatic nitrogens is 1. The van der Waals surface area contributed by atoms with Gasteiger partial charge in [0.15, 0.2) is 0 Å². The summed E-state index contributed by atoms with van der Waals surface area (Å²) in [5.74, 6) is 0.204. The Morgan fingerprint density at radius 1 is 1.30 bits per heavy atom. The fourth-order valence-electron chi connectivity index (χ4n) is 2.07. The predicted octanol–water partition coefficient (Wildman–Crippen LogP) is 2.55. The molecule has 0 aliphatic carbocycles. The first kappa shape index (κ1) is 14.1. The van der Waals surface area contributed by atoms with Crippen LogP contribution in [0.3, 0.4) is 0 Å². The molecular weight excluding hydrogens is 252 g/mol. The summed E-state index contributed by atoms with van der Waals surface area (Å²) in [6, 6.07) is 10.6. The van der Waals surface area contributed by atoms with Crippen molar-refractivity contribution in [2.75, 3.05) is 7.05 Å². The van der Waals surface area contributed by atoms with Crippen LogP contribution in [0.25, 0.3) is 0 Å². The maximum absolute atomic E-state index is 12.3. The number of nitrogens with zero attached hydrogens (tertiary/aromatic N) is 2. The molecule has 20 heavy (non-hydrogen) atoms. The minimum Gasteiger partial charge on any atom is -0.508 e. The topological polar surface area (TPSA) is 53.4 Å². The van der Waals surface area contributed by atoms with E-state index in [2.05, 4.69) is 4.98 Å². The lowest BCUT2D eigenvalue weighted by molar-refractivity contribution is -0.131. The number of carbonyl (C=O) groups excluding carboxylic acids is 1. The number of hydrogen-bond donors (Lipinski definition) is 1. The van der Waals surface area contributed by atoms with Gasteiger partial charge in [0.25, 0.3) is 0 Å². The molecule has 1 aromatic heterocycles. The molecular formula is C16H18N2O2. The van der Waals surface area contributed by atoms with Gasteiger partial charge in [0, 0.05) is 25.0 Å². The van der Waals surface area contributed by atoms with E-state index in [0.717, 1.165) is 11.1 Å². The Morgan fingerprint density at radius 3 is 2.70 bits per heavy atom. The number of benzene rings is 1. The second-order valence-corrected chi connectivity index (χ2v) is 4.78. The van der Waals surface area contributed by atoms with Crippen molar-refractivity contribution in [1.29, 1.82) is 0 Å². The number of phenolic OH excluding ortho intramolecular Hbond substituents is 1. The molecule has 1 N–H and O–H groups in total. The van der Waals surface area contributed by atoms with Crippen LogP contribution in [0.2, 0.25) is 0 Å². The quantitative estimate of drug-likeness (QED) is 0.929. The largest absolute Gasteiger partial charge is 0.508 e. The van der Waals surface area contributed by atoms with Crippen molar-refractivity contribution in [3.05, 3.63) is 59.9 Å². The Morgan fingerprint density at radius 2 is 2.05 bits per heavy atom. The fraction of sp³-hybridized carbons (Fsp3) is 0.250. The van der Waals surface area contributed by atoms with Gasteiger partial charge in [-0.3, -0.25) is 9.78 Å². The summed E-state index contributed by atoms with van der Waals surface area (Å²) >= 11 is 0. The van der Waals surface area contributed by atoms with Crippen molar-refractivity contribution >= 4 is 5.91 Å². The summed E-state index contributed by atoms with van der Waals surface area (Å²) in [5, 5.41) is 9.85. The molecule has 1 amide bonds. The molecule has 4 heteroatoms. The first-order chi connectivity index (χ1) is 9.59. The standard InChI is InChI=1S/C16H18N2O2/c1-12(14-7-3-4-8-15(14)19)18(2)16(20)10-13-6-5-9-17-11-13/h3-9,11-12,19H,10H2,1-2H3. The van der Waals surface area contributed by atoms with Gasteiger partial charge in [-0.1, -0.05) is 24.3 Å². The molecule has 0 aliphatic rings. The van der Waals surface area contributed by atoms with Crippen LogP contribution >= 0.6 is 0 Å². The van der Waals surface area contributed by atoms with Gasteiger partial charge < -0.3 is 10.0 Å². The number of carbonyl (C=O) groups is 1. The van der Waals surface area contributed by atoms with Crippen molar-refractivity contribution in [2.24, 2.45) is 0 Å². The Bertz CT molecular complexity index is 584. The highest BCUT2D eigenvalue weighted by Crippen LogP contribution is 2.27. The fourth-order valence-corrected chi connectivity index (χ4v) is 2.07.